The summed E-state index contributed by atoms with van der Waals surface area (Å²) < 4.78 is 22.2. The van der Waals surface area contributed by atoms with Crippen LogP contribution < -0.4 is 18.9 Å². The van der Waals surface area contributed by atoms with Crippen LogP contribution in [0.3, 0.4) is 0 Å². The standard InChI is InChI=1S/C24H18Cl2O5/c1-28-15-7-6-14(21(11-15)29-2)10-23-24(27)17-9-8-16(12-22(17)31-23)30-13-18-19(25)4-3-5-20(18)26/h3-12H,13H2,1-2H3. The molecule has 0 aromatic heterocycles. The van der Waals surface area contributed by atoms with Gasteiger partial charge in [-0.3, -0.25) is 4.79 Å². The summed E-state index contributed by atoms with van der Waals surface area (Å²) in [6.45, 7) is 0.191. The van der Waals surface area contributed by atoms with E-state index in [0.29, 0.717) is 49.7 Å². The molecule has 0 aliphatic carbocycles. The van der Waals surface area contributed by atoms with Crippen molar-refractivity contribution in [3.05, 3.63) is 87.1 Å². The Morgan fingerprint density at radius 2 is 1.68 bits per heavy atom. The van der Waals surface area contributed by atoms with Gasteiger partial charge in [-0.05, 0) is 42.5 Å². The predicted octanol–water partition coefficient (Wildman–Crippen LogP) is 6.21. The van der Waals surface area contributed by atoms with Crippen molar-refractivity contribution in [2.24, 2.45) is 0 Å². The Kier molecular flexibility index (Phi) is 6.07. The summed E-state index contributed by atoms with van der Waals surface area (Å²) in [5, 5.41) is 1.05. The molecular formula is C24H18Cl2O5. The Balaban J connectivity index is 1.55. The van der Waals surface area contributed by atoms with Crippen LogP contribution >= 0.6 is 23.2 Å². The van der Waals surface area contributed by atoms with Crippen molar-refractivity contribution in [2.75, 3.05) is 14.2 Å². The Morgan fingerprint density at radius 1 is 0.935 bits per heavy atom. The van der Waals surface area contributed by atoms with E-state index in [1.54, 1.807) is 74.9 Å². The van der Waals surface area contributed by atoms with E-state index < -0.39 is 0 Å². The molecule has 4 rings (SSSR count). The van der Waals surface area contributed by atoms with Gasteiger partial charge in [0.05, 0.1) is 19.8 Å². The molecule has 0 bridgehead atoms. The van der Waals surface area contributed by atoms with Gasteiger partial charge in [-0.15, -0.1) is 0 Å². The van der Waals surface area contributed by atoms with Crippen LogP contribution in [0.4, 0.5) is 0 Å². The second-order valence-electron chi connectivity index (χ2n) is 6.69. The summed E-state index contributed by atoms with van der Waals surface area (Å²) in [5.41, 5.74) is 1.85. The molecule has 5 nitrogen and oxygen atoms in total. The Hall–Kier alpha value is -3.15. The number of hydrogen-bond donors (Lipinski definition) is 0. The van der Waals surface area contributed by atoms with Crippen LogP contribution in [0, 0.1) is 0 Å². The third kappa shape index (κ3) is 4.33. The van der Waals surface area contributed by atoms with Gasteiger partial charge in [0.2, 0.25) is 5.78 Å². The number of ketones is 1. The molecule has 158 valence electrons. The van der Waals surface area contributed by atoms with E-state index in [1.807, 2.05) is 0 Å². The molecule has 1 heterocycles. The Labute approximate surface area is 189 Å². The van der Waals surface area contributed by atoms with Crippen LogP contribution in [0.15, 0.2) is 60.4 Å². The number of methoxy groups -OCH3 is 2. The van der Waals surface area contributed by atoms with Crippen molar-refractivity contribution in [1.82, 2.24) is 0 Å². The zero-order chi connectivity index (χ0) is 22.0. The fourth-order valence-corrected chi connectivity index (χ4v) is 3.67. The highest BCUT2D eigenvalue weighted by atomic mass is 35.5. The van der Waals surface area contributed by atoms with E-state index in [2.05, 4.69) is 0 Å². The second kappa shape index (κ2) is 8.92. The van der Waals surface area contributed by atoms with Crippen LogP contribution in [0.1, 0.15) is 21.5 Å². The van der Waals surface area contributed by atoms with E-state index in [4.69, 9.17) is 42.1 Å². The molecule has 0 amide bonds. The largest absolute Gasteiger partial charge is 0.497 e. The Morgan fingerprint density at radius 3 is 2.39 bits per heavy atom. The lowest BCUT2D eigenvalue weighted by Gasteiger charge is -2.10. The molecule has 1 aliphatic heterocycles. The van der Waals surface area contributed by atoms with Gasteiger partial charge in [0, 0.05) is 33.3 Å². The molecule has 0 saturated heterocycles. The quantitative estimate of drug-likeness (QED) is 0.412. The highest BCUT2D eigenvalue weighted by molar-refractivity contribution is 6.35. The van der Waals surface area contributed by atoms with Crippen LogP contribution in [-0.4, -0.2) is 20.0 Å². The second-order valence-corrected chi connectivity index (χ2v) is 7.51. The van der Waals surface area contributed by atoms with Crippen molar-refractivity contribution in [2.45, 2.75) is 6.61 Å². The SMILES string of the molecule is COc1ccc(C=C2Oc3cc(OCc4c(Cl)cccc4Cl)ccc3C2=O)c(OC)c1. The van der Waals surface area contributed by atoms with Gasteiger partial charge >= 0.3 is 0 Å². The lowest BCUT2D eigenvalue weighted by atomic mass is 10.1. The number of halogens is 2. The number of ether oxygens (including phenoxy) is 4. The molecule has 0 N–H and O–H groups in total. The average Bonchev–Trinajstić information content (AvgIpc) is 3.08. The van der Waals surface area contributed by atoms with Gasteiger partial charge in [0.15, 0.2) is 5.76 Å². The third-order valence-corrected chi connectivity index (χ3v) is 5.52. The molecule has 0 spiro atoms. The first-order valence-corrected chi connectivity index (χ1v) is 10.1. The number of fused-ring (bicyclic) bond motifs is 1. The predicted molar refractivity (Wildman–Crippen MR) is 120 cm³/mol. The average molecular weight is 457 g/mol. The minimum absolute atomic E-state index is 0.191. The monoisotopic (exact) mass is 456 g/mol. The van der Waals surface area contributed by atoms with E-state index in [0.717, 1.165) is 0 Å². The van der Waals surface area contributed by atoms with Crippen molar-refractivity contribution >= 4 is 35.1 Å². The zero-order valence-electron chi connectivity index (χ0n) is 16.8. The van der Waals surface area contributed by atoms with Gasteiger partial charge < -0.3 is 18.9 Å². The fraction of sp³-hybridized carbons (Fsp3) is 0.125. The van der Waals surface area contributed by atoms with Crippen LogP contribution in [0.5, 0.6) is 23.0 Å². The summed E-state index contributed by atoms with van der Waals surface area (Å²) in [6.07, 6.45) is 1.64. The highest BCUT2D eigenvalue weighted by Crippen LogP contribution is 2.37. The molecule has 7 heteroatoms. The molecule has 0 radical (unpaired) electrons. The normalized spacial score (nSPS) is 13.7. The van der Waals surface area contributed by atoms with Crippen molar-refractivity contribution in [1.29, 1.82) is 0 Å². The maximum absolute atomic E-state index is 12.8. The van der Waals surface area contributed by atoms with E-state index in [1.165, 1.54) is 0 Å². The van der Waals surface area contributed by atoms with E-state index in [9.17, 15) is 4.79 Å². The van der Waals surface area contributed by atoms with Gasteiger partial charge in [-0.25, -0.2) is 0 Å². The minimum atomic E-state index is -0.214. The maximum Gasteiger partial charge on any atom is 0.231 e. The van der Waals surface area contributed by atoms with Crippen LogP contribution in [-0.2, 0) is 6.61 Å². The number of Topliss-reactive ketones (excluding diaryl/α,β-unsaturated/α-hetero) is 1. The third-order valence-electron chi connectivity index (χ3n) is 4.81. The number of hydrogen-bond acceptors (Lipinski definition) is 5. The number of carbonyl (C=O) groups excluding carboxylic acids is 1. The minimum Gasteiger partial charge on any atom is -0.497 e. The van der Waals surface area contributed by atoms with Crippen LogP contribution in [0.25, 0.3) is 6.08 Å². The summed E-state index contributed by atoms with van der Waals surface area (Å²) in [6, 6.07) is 15.7. The maximum atomic E-state index is 12.8. The van der Waals surface area contributed by atoms with Gasteiger partial charge in [0.1, 0.15) is 29.6 Å². The number of allylic oxidation sites excluding steroid dienone is 1. The molecule has 31 heavy (non-hydrogen) atoms. The molecule has 1 aliphatic rings. The molecule has 0 atom stereocenters. The number of rotatable bonds is 6. The van der Waals surface area contributed by atoms with E-state index in [-0.39, 0.29) is 18.1 Å². The first kappa shape index (κ1) is 21.1. The lowest BCUT2D eigenvalue weighted by Crippen LogP contribution is -1.99. The molecule has 3 aromatic rings. The fourth-order valence-electron chi connectivity index (χ4n) is 3.16. The zero-order valence-corrected chi connectivity index (χ0v) is 18.3. The number of benzene rings is 3. The van der Waals surface area contributed by atoms with Crippen molar-refractivity contribution in [3.63, 3.8) is 0 Å². The van der Waals surface area contributed by atoms with Gasteiger partial charge in [-0.2, -0.15) is 0 Å². The molecular weight excluding hydrogens is 439 g/mol. The molecule has 3 aromatic carbocycles. The van der Waals surface area contributed by atoms with E-state index >= 15 is 0 Å². The number of carbonyl (C=O) groups is 1. The smallest absolute Gasteiger partial charge is 0.231 e. The first-order valence-electron chi connectivity index (χ1n) is 9.36. The molecule has 0 saturated carbocycles. The molecule has 0 fully saturated rings. The molecule has 0 unspecified atom stereocenters. The topological polar surface area (TPSA) is 54.0 Å². The lowest BCUT2D eigenvalue weighted by molar-refractivity contribution is 0.101. The van der Waals surface area contributed by atoms with Crippen molar-refractivity contribution in [3.8, 4) is 23.0 Å². The van der Waals surface area contributed by atoms with Gasteiger partial charge in [-0.1, -0.05) is 29.3 Å². The van der Waals surface area contributed by atoms with Crippen molar-refractivity contribution < 1.29 is 23.7 Å². The summed E-state index contributed by atoms with van der Waals surface area (Å²) in [5.74, 6) is 2.16. The van der Waals surface area contributed by atoms with Gasteiger partial charge in [0.25, 0.3) is 0 Å². The van der Waals surface area contributed by atoms with Crippen LogP contribution in [0.2, 0.25) is 10.0 Å². The first-order chi connectivity index (χ1) is 15.0. The summed E-state index contributed by atoms with van der Waals surface area (Å²) in [4.78, 5) is 12.8. The Bertz CT molecular complexity index is 1170. The summed E-state index contributed by atoms with van der Waals surface area (Å²) in [7, 11) is 3.13. The summed E-state index contributed by atoms with van der Waals surface area (Å²) >= 11 is 12.4. The highest BCUT2D eigenvalue weighted by Gasteiger charge is 2.28.